The Labute approximate surface area is 956 Å². The fourth-order valence-corrected chi connectivity index (χ4v) is 14700. The van der Waals surface area contributed by atoms with Gasteiger partial charge in [0.15, 0.2) is 0 Å². The van der Waals surface area contributed by atoms with E-state index in [1.807, 2.05) is 0 Å². The molecule has 0 rings (SSSR count). The van der Waals surface area contributed by atoms with Gasteiger partial charge in [0, 0.05) is 0 Å². The van der Waals surface area contributed by atoms with Crippen LogP contribution in [0, 0.1) is 0 Å². The van der Waals surface area contributed by atoms with Gasteiger partial charge in [0.05, 0.1) is 0 Å². The van der Waals surface area contributed by atoms with Crippen molar-refractivity contribution in [1.29, 1.82) is 0 Å². The van der Waals surface area contributed by atoms with E-state index in [0.717, 1.165) is 0 Å². The Hall–Kier alpha value is 55.5. The molecule has 76 heavy (non-hydrogen) atoms. The second-order valence-electron chi connectivity index (χ2n) is 5.99. The van der Waals surface area contributed by atoms with Gasteiger partial charge >= 0.3 is 1020 Å². The molecule has 0 nitrogen and oxygen atoms in total. The van der Waals surface area contributed by atoms with E-state index in [0.29, 0.717) is 0 Å². The Morgan fingerprint density at radius 3 is 0.145 bits per heavy atom. The van der Waals surface area contributed by atoms with E-state index in [1.165, 1.54) is 0 Å². The predicted octanol–water partition coefficient (Wildman–Crippen LogP) is 67.3. The third kappa shape index (κ3) is 53.7. The third-order valence-corrected chi connectivity index (χ3v) is 5950. The molecule has 0 N–H and O–H groups in total. The first-order valence-electron chi connectivity index (χ1n) is 10.7. The first-order valence-corrected chi connectivity index (χ1v) is 482. The van der Waals surface area contributed by atoms with Crippen molar-refractivity contribution in [3.63, 3.8) is 0 Å². The molecule has 0 radical (unpaired) electrons. The molecule has 0 bridgehead atoms. The average molecular weight is 9640 g/mol. The number of hydrogen-bond donors (Lipinski definition) is 0. The molecular formula is I76. The van der Waals surface area contributed by atoms with Crippen molar-refractivity contribution in [3.8, 4) is 0 Å². The molecule has 0 fully saturated rings. The van der Waals surface area contributed by atoms with E-state index >= 15 is 0 Å². The van der Waals surface area contributed by atoms with Crippen LogP contribution in [0.25, 0.3) is 0 Å². The van der Waals surface area contributed by atoms with E-state index in [4.69, 9.17) is 0 Å². The van der Waals surface area contributed by atoms with Gasteiger partial charge < -0.3 is 0 Å². The van der Waals surface area contributed by atoms with Gasteiger partial charge in [-0.05, 0) is 0 Å². The molecule has 0 amide bonds. The van der Waals surface area contributed by atoms with E-state index < -0.39 is 292 Å². The number of hydrogen-bond acceptors (Lipinski definition) is 0. The molecule has 0 aromatic heterocycles. The molecule has 0 saturated heterocycles. The Morgan fingerprint density at radius 2 is 0.105 bits per heavy atom. The van der Waals surface area contributed by atoms with Gasteiger partial charge in [0.1, 0.15) is 0 Å². The molecule has 76 heteroatoms. The minimum atomic E-state index is -0.632. The molecule has 0 unspecified atom stereocenters. The quantitative estimate of drug-likeness (QED) is 0.0549. The summed E-state index contributed by atoms with van der Waals surface area (Å²) in [7, 11) is -21.6. The summed E-state index contributed by atoms with van der Waals surface area (Å²) >= 11 is 130. The van der Waals surface area contributed by atoms with Gasteiger partial charge in [-0.1, -0.05) is 0 Å². The van der Waals surface area contributed by atoms with Crippen molar-refractivity contribution in [1.82, 2.24) is 0 Å². The van der Waals surface area contributed by atoms with Gasteiger partial charge in [-0.2, -0.15) is 0 Å². The van der Waals surface area contributed by atoms with Gasteiger partial charge in [-0.25, -0.2) is 0 Å². The SMILES string of the molecule is II(I)I(I)I(I)I(I)I(I)I(I)I(I)I(I)I(I)I(I)I(I)I(I)I(I)I(I)I(I)I(I)I(I)I(I)I(I)I(I)I(I)I(I)I(I)I(I)I(I)I(I)I(I)I(I)I(I)I(I)I(I)I(I)I(I)I(I)I(I)I(I)I(I)I. The molecule has 0 aromatic carbocycles. The predicted molar refractivity (Wildman–Crippen MR) is 1070 cm³/mol. The maximum atomic E-state index is 3.45. The molecule has 0 spiro atoms. The van der Waals surface area contributed by atoms with Crippen LogP contribution in [-0.4, -0.2) is 0 Å². The molecule has 0 aliphatic carbocycles. The minimum absolute atomic E-state index is 0.482. The van der Waals surface area contributed by atoms with E-state index in [-0.39, 0.29) is 0 Å². The van der Waals surface area contributed by atoms with Crippen molar-refractivity contribution < 1.29 is 0 Å². The van der Waals surface area contributed by atoms with Crippen LogP contribution in [0.1, 0.15) is 0 Å². The van der Waals surface area contributed by atoms with E-state index in [2.05, 4.69) is 726 Å². The molecule has 0 aromatic rings. The summed E-state index contributed by atoms with van der Waals surface area (Å²) < 4.78 is 0. The summed E-state index contributed by atoms with van der Waals surface area (Å²) in [5.74, 6) is 0. The van der Waals surface area contributed by atoms with Gasteiger partial charge in [0.2, 0.25) is 0 Å². The molecule has 0 aliphatic heterocycles. The molecule has 0 saturated carbocycles. The van der Waals surface area contributed by atoms with E-state index in [9.17, 15) is 0 Å². The summed E-state index contributed by atoms with van der Waals surface area (Å²) in [5, 5.41) is 0. The first kappa shape index (κ1) is 131. The van der Waals surface area contributed by atoms with Gasteiger partial charge in [0.25, 0.3) is 0 Å². The maximum absolute atomic E-state index is 3.45. The van der Waals surface area contributed by atoms with Gasteiger partial charge in [-0.3, -0.25) is 0 Å². The van der Waals surface area contributed by atoms with E-state index in [1.54, 1.807) is 0 Å². The van der Waals surface area contributed by atoms with Crippen molar-refractivity contribution in [2.24, 2.45) is 0 Å². The fraction of sp³-hybridized carbons (Fsp3) is 0. The summed E-state index contributed by atoms with van der Waals surface area (Å²) in [4.78, 5) is 0. The number of halogens is 76. The zero-order valence-electron chi connectivity index (χ0n) is 28.7. The fourth-order valence-electron chi connectivity index (χ4n) is 1.08. The zero-order valence-corrected chi connectivity index (χ0v) is 193. The molecular weight excluding hydrogens is 9640 g/mol. The summed E-state index contributed by atoms with van der Waals surface area (Å²) in [5.41, 5.74) is 0. The third-order valence-electron chi connectivity index (χ3n) is 2.94. The normalized spacial score (nSPS) is 19.1. The summed E-state index contributed by atoms with van der Waals surface area (Å²) in [6.45, 7) is 0. The van der Waals surface area contributed by atoms with Crippen molar-refractivity contribution in [2.45, 2.75) is 0 Å². The monoisotopic (exact) mass is 9640 g/mol. The standard InChI is InChI=1S/I76/c1-40(2)42(5)44(7)46(9)48(11)50(13)52(15)54(17)56(19)58(21)60(23)62(25)64(27)66(29)68(31)70(33)72(35)74(37)76(39)75(38)73(36)71(34)69(32)67(30)65(28)63(26)61(24)59(22)57(20)55(18)53(16)51(14)49(12)47(10)45(8)43(6)41(3)4. The topological polar surface area (TPSA) is 0 Å². The number of rotatable bonds is 36. The van der Waals surface area contributed by atoms with Crippen LogP contribution in [0.2, 0.25) is 0 Å². The van der Waals surface area contributed by atoms with Crippen LogP contribution in [0.3, 0.4) is 0 Å². The van der Waals surface area contributed by atoms with Crippen LogP contribution >= 0.6 is 1020 Å². The van der Waals surface area contributed by atoms with Crippen LogP contribution in [0.5, 0.6) is 0 Å². The summed E-state index contributed by atoms with van der Waals surface area (Å²) in [6, 6.07) is 0. The van der Waals surface area contributed by atoms with Crippen molar-refractivity contribution in [2.75, 3.05) is 0 Å². The van der Waals surface area contributed by atoms with Crippen LogP contribution in [0.15, 0.2) is 0 Å². The molecule has 0 atom stereocenters. The van der Waals surface area contributed by atoms with Crippen LogP contribution < -0.4 is 0 Å². The Morgan fingerprint density at radius 1 is 0.0658 bits per heavy atom. The second-order valence-corrected chi connectivity index (χ2v) is 1810. The van der Waals surface area contributed by atoms with Crippen LogP contribution in [0.4, 0.5) is 0 Å². The molecule has 0 aliphatic rings. The first-order chi connectivity index (χ1) is 34.5. The average Bonchev–Trinajstić information content (AvgIpc) is 3.41. The molecule has 0 heterocycles. The van der Waals surface area contributed by atoms with Gasteiger partial charge in [-0.15, -0.1) is 0 Å². The molecule has 532 valence electrons. The van der Waals surface area contributed by atoms with Crippen LogP contribution in [-0.2, 0) is 0 Å². The Balaban J connectivity index is 5.79. The summed E-state index contributed by atoms with van der Waals surface area (Å²) in [6.07, 6.45) is 0. The van der Waals surface area contributed by atoms with Crippen molar-refractivity contribution in [3.05, 3.63) is 0 Å². The Bertz CT molecular complexity index is 1390. The van der Waals surface area contributed by atoms with Crippen molar-refractivity contribution >= 4 is 1020 Å². The second kappa shape index (κ2) is 78.9. The Kier molecular flexibility index (Phi) is 137. The zero-order chi connectivity index (χ0) is 60.4.